The molecule has 0 aliphatic heterocycles. The number of esters is 1. The van der Waals surface area contributed by atoms with Crippen molar-refractivity contribution < 1.29 is 9.53 Å². The summed E-state index contributed by atoms with van der Waals surface area (Å²) in [6.45, 7) is 2.69. The van der Waals surface area contributed by atoms with Crippen LogP contribution in [0.3, 0.4) is 0 Å². The Labute approximate surface area is 123 Å². The Morgan fingerprint density at radius 1 is 1.30 bits per heavy atom. The summed E-state index contributed by atoms with van der Waals surface area (Å²) in [5.74, 6) is 0.125. The summed E-state index contributed by atoms with van der Waals surface area (Å²) in [6, 6.07) is 7.82. The smallest absolute Gasteiger partial charge is 0.316 e. The van der Waals surface area contributed by atoms with Crippen molar-refractivity contribution in [1.29, 1.82) is 0 Å². The Hall–Kier alpha value is -1.49. The van der Waals surface area contributed by atoms with Gasteiger partial charge in [0.05, 0.1) is 23.4 Å². The van der Waals surface area contributed by atoms with E-state index >= 15 is 0 Å². The van der Waals surface area contributed by atoms with Gasteiger partial charge in [-0.3, -0.25) is 4.79 Å². The van der Waals surface area contributed by atoms with E-state index in [4.69, 9.17) is 4.74 Å². The number of benzene rings is 1. The fourth-order valence-corrected chi connectivity index (χ4v) is 2.56. The van der Waals surface area contributed by atoms with Crippen LogP contribution in [-0.4, -0.2) is 28.3 Å². The number of imidazole rings is 1. The number of rotatable bonds is 8. The lowest BCUT2D eigenvalue weighted by atomic mass is 10.2. The zero-order valence-corrected chi connectivity index (χ0v) is 12.5. The second-order valence-corrected chi connectivity index (χ2v) is 5.59. The van der Waals surface area contributed by atoms with Crippen molar-refractivity contribution in [2.45, 2.75) is 37.8 Å². The molecule has 2 aromatic rings. The molecule has 0 bridgehead atoms. The van der Waals surface area contributed by atoms with E-state index < -0.39 is 0 Å². The molecule has 0 amide bonds. The monoisotopic (exact) mass is 292 g/mol. The third-order valence-electron chi connectivity index (χ3n) is 2.96. The first-order valence-electron chi connectivity index (χ1n) is 7.02. The van der Waals surface area contributed by atoms with Crippen LogP contribution >= 0.6 is 11.8 Å². The maximum atomic E-state index is 11.6. The van der Waals surface area contributed by atoms with Crippen molar-refractivity contribution in [2.24, 2.45) is 0 Å². The van der Waals surface area contributed by atoms with Gasteiger partial charge in [0.15, 0.2) is 5.16 Å². The molecule has 0 atom stereocenters. The Morgan fingerprint density at radius 2 is 2.15 bits per heavy atom. The van der Waals surface area contributed by atoms with Gasteiger partial charge in [-0.25, -0.2) is 4.98 Å². The average molecular weight is 292 g/mol. The molecule has 0 saturated carbocycles. The number of H-pyrrole nitrogens is 1. The van der Waals surface area contributed by atoms with E-state index in [1.165, 1.54) is 24.6 Å². The lowest BCUT2D eigenvalue weighted by Gasteiger charge is -2.03. The summed E-state index contributed by atoms with van der Waals surface area (Å²) in [5, 5.41) is 0.758. The largest absolute Gasteiger partial charge is 0.465 e. The van der Waals surface area contributed by atoms with Crippen molar-refractivity contribution >= 4 is 28.8 Å². The fraction of sp³-hybridized carbons (Fsp3) is 0.467. The lowest BCUT2D eigenvalue weighted by Crippen LogP contribution is -2.08. The number of ether oxygens (including phenoxy) is 1. The summed E-state index contributed by atoms with van der Waals surface area (Å²) in [7, 11) is 0. The third-order valence-corrected chi connectivity index (χ3v) is 3.80. The number of nitrogens with zero attached hydrogens (tertiary/aromatic N) is 1. The van der Waals surface area contributed by atoms with Crippen molar-refractivity contribution in [1.82, 2.24) is 9.97 Å². The number of para-hydroxylation sites is 2. The van der Waals surface area contributed by atoms with Crippen LogP contribution in [0.5, 0.6) is 0 Å². The Kier molecular flexibility index (Phi) is 5.92. The van der Waals surface area contributed by atoms with E-state index in [0.717, 1.165) is 29.0 Å². The van der Waals surface area contributed by atoms with Gasteiger partial charge < -0.3 is 9.72 Å². The Morgan fingerprint density at radius 3 is 2.95 bits per heavy atom. The van der Waals surface area contributed by atoms with Gasteiger partial charge in [0, 0.05) is 0 Å². The molecule has 0 aliphatic rings. The normalized spacial score (nSPS) is 10.8. The van der Waals surface area contributed by atoms with Crippen LogP contribution in [0.25, 0.3) is 11.0 Å². The number of carbonyl (C=O) groups excluding carboxylic acids is 1. The van der Waals surface area contributed by atoms with E-state index in [1.807, 2.05) is 24.3 Å². The number of aromatic nitrogens is 2. The van der Waals surface area contributed by atoms with Crippen LogP contribution < -0.4 is 0 Å². The average Bonchev–Trinajstić information content (AvgIpc) is 2.88. The fourth-order valence-electron chi connectivity index (χ4n) is 1.88. The van der Waals surface area contributed by atoms with Gasteiger partial charge in [-0.15, -0.1) is 0 Å². The number of unbranched alkanes of at least 4 members (excludes halogenated alkanes) is 3. The molecule has 0 saturated heterocycles. The minimum atomic E-state index is -0.174. The third kappa shape index (κ3) is 4.56. The quantitative estimate of drug-likeness (QED) is 0.457. The molecule has 0 aliphatic carbocycles. The highest BCUT2D eigenvalue weighted by molar-refractivity contribution is 7.99. The Bertz CT molecular complexity index is 521. The van der Waals surface area contributed by atoms with Crippen LogP contribution in [-0.2, 0) is 9.53 Å². The lowest BCUT2D eigenvalue weighted by molar-refractivity contribution is -0.140. The second-order valence-electron chi connectivity index (χ2n) is 4.63. The molecule has 0 radical (unpaired) electrons. The Balaban J connectivity index is 1.70. The molecule has 1 N–H and O–H groups in total. The molecular formula is C15H20N2O2S. The molecule has 2 rings (SSSR count). The maximum Gasteiger partial charge on any atom is 0.316 e. The van der Waals surface area contributed by atoms with Gasteiger partial charge in [-0.05, 0) is 18.6 Å². The highest BCUT2D eigenvalue weighted by Crippen LogP contribution is 2.19. The summed E-state index contributed by atoms with van der Waals surface area (Å²) in [5.41, 5.74) is 1.91. The molecule has 20 heavy (non-hydrogen) atoms. The van der Waals surface area contributed by atoms with E-state index in [2.05, 4.69) is 16.9 Å². The molecule has 0 fully saturated rings. The number of carbonyl (C=O) groups is 1. The van der Waals surface area contributed by atoms with Crippen LogP contribution in [0.15, 0.2) is 29.4 Å². The number of thioether (sulfide) groups is 1. The molecule has 1 heterocycles. The van der Waals surface area contributed by atoms with E-state index in [9.17, 15) is 4.79 Å². The highest BCUT2D eigenvalue weighted by atomic mass is 32.2. The van der Waals surface area contributed by atoms with Crippen molar-refractivity contribution in [2.75, 3.05) is 12.4 Å². The van der Waals surface area contributed by atoms with Gasteiger partial charge >= 0.3 is 5.97 Å². The van der Waals surface area contributed by atoms with E-state index in [0.29, 0.717) is 12.4 Å². The number of nitrogens with one attached hydrogen (secondary N) is 1. The standard InChI is InChI=1S/C15H20N2O2S/c1-2-3-4-7-10-19-14(18)11-20-15-16-12-8-5-6-9-13(12)17-15/h5-6,8-9H,2-4,7,10-11H2,1H3,(H,16,17). The van der Waals surface area contributed by atoms with Crippen molar-refractivity contribution in [3.8, 4) is 0 Å². The first kappa shape index (κ1) is 14.9. The van der Waals surface area contributed by atoms with Gasteiger partial charge in [0.2, 0.25) is 0 Å². The number of fused-ring (bicyclic) bond motifs is 1. The predicted molar refractivity (Wildman–Crippen MR) is 81.9 cm³/mol. The zero-order valence-electron chi connectivity index (χ0n) is 11.7. The molecular weight excluding hydrogens is 272 g/mol. The van der Waals surface area contributed by atoms with Gasteiger partial charge in [0.25, 0.3) is 0 Å². The first-order chi connectivity index (χ1) is 9.79. The van der Waals surface area contributed by atoms with Gasteiger partial charge in [-0.2, -0.15) is 0 Å². The van der Waals surface area contributed by atoms with Crippen LogP contribution in [0, 0.1) is 0 Å². The van der Waals surface area contributed by atoms with Crippen LogP contribution in [0.4, 0.5) is 0 Å². The molecule has 4 nitrogen and oxygen atoms in total. The second kappa shape index (κ2) is 7.94. The maximum absolute atomic E-state index is 11.6. The molecule has 108 valence electrons. The topological polar surface area (TPSA) is 55.0 Å². The van der Waals surface area contributed by atoms with Crippen molar-refractivity contribution in [3.05, 3.63) is 24.3 Å². The summed E-state index contributed by atoms with van der Waals surface area (Å²) >= 11 is 1.38. The van der Waals surface area contributed by atoms with E-state index in [1.54, 1.807) is 0 Å². The number of hydrogen-bond acceptors (Lipinski definition) is 4. The van der Waals surface area contributed by atoms with Crippen LogP contribution in [0.2, 0.25) is 0 Å². The van der Waals surface area contributed by atoms with E-state index in [-0.39, 0.29) is 5.97 Å². The van der Waals surface area contributed by atoms with Crippen molar-refractivity contribution in [3.63, 3.8) is 0 Å². The summed E-state index contributed by atoms with van der Waals surface area (Å²) in [6.07, 6.45) is 4.47. The molecule has 0 unspecified atom stereocenters. The first-order valence-corrected chi connectivity index (χ1v) is 8.01. The molecule has 1 aromatic carbocycles. The summed E-state index contributed by atoms with van der Waals surface area (Å²) in [4.78, 5) is 19.2. The van der Waals surface area contributed by atoms with Gasteiger partial charge in [-0.1, -0.05) is 50.1 Å². The minimum Gasteiger partial charge on any atom is -0.465 e. The zero-order chi connectivity index (χ0) is 14.2. The predicted octanol–water partition coefficient (Wildman–Crippen LogP) is 3.78. The SMILES string of the molecule is CCCCCCOC(=O)CSc1nc2ccccc2[nH]1. The summed E-state index contributed by atoms with van der Waals surface area (Å²) < 4.78 is 5.18. The number of hydrogen-bond donors (Lipinski definition) is 1. The van der Waals surface area contributed by atoms with Crippen LogP contribution in [0.1, 0.15) is 32.6 Å². The molecule has 0 spiro atoms. The molecule has 1 aromatic heterocycles. The minimum absolute atomic E-state index is 0.174. The van der Waals surface area contributed by atoms with Gasteiger partial charge in [0.1, 0.15) is 0 Å². The number of aromatic amines is 1. The highest BCUT2D eigenvalue weighted by Gasteiger charge is 2.07. The molecule has 5 heteroatoms.